The van der Waals surface area contributed by atoms with Gasteiger partial charge in [0.25, 0.3) is 0 Å². The number of carbonyl (C=O) groups excluding carboxylic acids is 1. The Morgan fingerprint density at radius 3 is 2.49 bits per heavy atom. The summed E-state index contributed by atoms with van der Waals surface area (Å²) in [6, 6.07) is 9.34. The van der Waals surface area contributed by atoms with Crippen molar-refractivity contribution in [2.75, 3.05) is 19.1 Å². The van der Waals surface area contributed by atoms with E-state index in [1.165, 1.54) is 7.11 Å². The van der Waals surface area contributed by atoms with E-state index in [1.807, 2.05) is 38.1 Å². The SMILES string of the molecule is COC(=O)c1cc(OC(C)C)c2nc(N(C)C3CCC(OCc4c(-c5c(Cl)cccc5Cl)noc4C4CC4)CC3)sc2c1. The van der Waals surface area contributed by atoms with Gasteiger partial charge in [0.05, 0.1) is 46.2 Å². The molecule has 2 aromatic carbocycles. The predicted molar refractivity (Wildman–Crippen MR) is 170 cm³/mol. The fraction of sp³-hybridized carbons (Fsp3) is 0.469. The summed E-state index contributed by atoms with van der Waals surface area (Å²) in [5.74, 6) is 1.48. The molecule has 4 aromatic rings. The van der Waals surface area contributed by atoms with E-state index >= 15 is 0 Å². The molecule has 6 rings (SSSR count). The van der Waals surface area contributed by atoms with Crippen molar-refractivity contribution in [3.63, 3.8) is 0 Å². The molecule has 0 amide bonds. The molecule has 2 aliphatic carbocycles. The van der Waals surface area contributed by atoms with Crippen molar-refractivity contribution >= 4 is 55.9 Å². The van der Waals surface area contributed by atoms with Gasteiger partial charge in [-0.15, -0.1) is 0 Å². The lowest BCUT2D eigenvalue weighted by Gasteiger charge is -2.34. The highest BCUT2D eigenvalue weighted by Crippen LogP contribution is 2.46. The zero-order chi connectivity index (χ0) is 30.2. The summed E-state index contributed by atoms with van der Waals surface area (Å²) >= 11 is 14.6. The number of ether oxygens (including phenoxy) is 3. The number of thiazole rings is 1. The molecule has 228 valence electrons. The normalized spacial score (nSPS) is 18.8. The third kappa shape index (κ3) is 6.36. The number of hydrogen-bond acceptors (Lipinski definition) is 9. The van der Waals surface area contributed by atoms with E-state index in [2.05, 4.69) is 17.1 Å². The molecule has 0 unspecified atom stereocenters. The first kappa shape index (κ1) is 30.2. The van der Waals surface area contributed by atoms with Crippen molar-refractivity contribution < 1.29 is 23.5 Å². The molecule has 2 aliphatic rings. The lowest BCUT2D eigenvalue weighted by Crippen LogP contribution is -2.37. The predicted octanol–water partition coefficient (Wildman–Crippen LogP) is 8.67. The topological polar surface area (TPSA) is 86.9 Å². The van der Waals surface area contributed by atoms with Gasteiger partial charge in [0, 0.05) is 30.1 Å². The minimum atomic E-state index is -0.394. The van der Waals surface area contributed by atoms with Gasteiger partial charge in [0.1, 0.15) is 22.7 Å². The molecule has 2 aromatic heterocycles. The molecular formula is C32H35Cl2N3O5S. The van der Waals surface area contributed by atoms with Crippen LogP contribution in [-0.4, -0.2) is 48.5 Å². The minimum absolute atomic E-state index is 0.0508. The first-order chi connectivity index (χ1) is 20.7. The lowest BCUT2D eigenvalue weighted by atomic mass is 9.92. The highest BCUT2D eigenvalue weighted by atomic mass is 35.5. The Morgan fingerprint density at radius 1 is 1.12 bits per heavy atom. The Labute approximate surface area is 265 Å². The number of rotatable bonds is 10. The zero-order valence-corrected chi connectivity index (χ0v) is 27.0. The van der Waals surface area contributed by atoms with Gasteiger partial charge in [-0.1, -0.05) is 45.8 Å². The van der Waals surface area contributed by atoms with Crippen LogP contribution in [0.1, 0.15) is 80.0 Å². The lowest BCUT2D eigenvalue weighted by molar-refractivity contribution is 0.0131. The van der Waals surface area contributed by atoms with Crippen molar-refractivity contribution in [1.29, 1.82) is 0 Å². The summed E-state index contributed by atoms with van der Waals surface area (Å²) < 4.78 is 24.2. The molecule has 43 heavy (non-hydrogen) atoms. The van der Waals surface area contributed by atoms with E-state index in [-0.39, 0.29) is 12.2 Å². The average Bonchev–Trinajstić information content (AvgIpc) is 3.60. The average molecular weight is 645 g/mol. The highest BCUT2D eigenvalue weighted by molar-refractivity contribution is 7.22. The summed E-state index contributed by atoms with van der Waals surface area (Å²) in [7, 11) is 3.47. The first-order valence-corrected chi connectivity index (χ1v) is 16.3. The Bertz CT molecular complexity index is 1600. The van der Waals surface area contributed by atoms with Crippen LogP contribution < -0.4 is 9.64 Å². The molecular weight excluding hydrogens is 609 g/mol. The van der Waals surface area contributed by atoms with Crippen LogP contribution in [0.3, 0.4) is 0 Å². The Morgan fingerprint density at radius 2 is 1.84 bits per heavy atom. The van der Waals surface area contributed by atoms with Gasteiger partial charge in [-0.2, -0.15) is 0 Å². The van der Waals surface area contributed by atoms with Crippen molar-refractivity contribution in [3.05, 3.63) is 57.3 Å². The van der Waals surface area contributed by atoms with Crippen molar-refractivity contribution in [2.24, 2.45) is 0 Å². The molecule has 8 nitrogen and oxygen atoms in total. The number of aromatic nitrogens is 2. The third-order valence-electron chi connectivity index (χ3n) is 8.16. The number of anilines is 1. The molecule has 2 saturated carbocycles. The summed E-state index contributed by atoms with van der Waals surface area (Å²) in [5.41, 5.74) is 3.55. The third-order valence-corrected chi connectivity index (χ3v) is 9.88. The fourth-order valence-electron chi connectivity index (χ4n) is 5.72. The van der Waals surface area contributed by atoms with Crippen LogP contribution in [0.25, 0.3) is 21.5 Å². The number of carbonyl (C=O) groups is 1. The maximum absolute atomic E-state index is 12.3. The van der Waals surface area contributed by atoms with Crippen molar-refractivity contribution in [1.82, 2.24) is 10.1 Å². The monoisotopic (exact) mass is 643 g/mol. The maximum Gasteiger partial charge on any atom is 0.338 e. The molecule has 0 atom stereocenters. The van der Waals surface area contributed by atoms with E-state index in [4.69, 9.17) is 46.9 Å². The van der Waals surface area contributed by atoms with Crippen LogP contribution in [-0.2, 0) is 16.1 Å². The van der Waals surface area contributed by atoms with Crippen LogP contribution in [0.5, 0.6) is 5.75 Å². The summed E-state index contributed by atoms with van der Waals surface area (Å²) in [5, 5.41) is 6.39. The molecule has 0 radical (unpaired) electrons. The number of hydrogen-bond donors (Lipinski definition) is 0. The Balaban J connectivity index is 1.14. The Kier molecular flexibility index (Phi) is 8.87. The van der Waals surface area contributed by atoms with Crippen LogP contribution >= 0.6 is 34.5 Å². The Hall–Kier alpha value is -2.85. The number of methoxy groups -OCH3 is 1. The van der Waals surface area contributed by atoms with Crippen molar-refractivity contribution in [3.8, 4) is 17.0 Å². The van der Waals surface area contributed by atoms with Gasteiger partial charge in [0.15, 0.2) is 5.13 Å². The van der Waals surface area contributed by atoms with Gasteiger partial charge in [0.2, 0.25) is 0 Å². The van der Waals surface area contributed by atoms with Crippen LogP contribution in [0.4, 0.5) is 5.13 Å². The molecule has 0 saturated heterocycles. The molecule has 2 heterocycles. The smallest absolute Gasteiger partial charge is 0.338 e. The first-order valence-electron chi connectivity index (χ1n) is 14.7. The quantitative estimate of drug-likeness (QED) is 0.159. The molecule has 0 aliphatic heterocycles. The highest BCUT2D eigenvalue weighted by Gasteiger charge is 2.34. The standard InChI is InChI=1S/C32H35Cl2N3O5S/c1-17(2)41-25-14-19(31(38)39-4)15-26-29(25)35-32(43-26)37(3)20-10-12-21(13-11-20)40-16-22-28(36-42-30(22)18-8-9-18)27-23(33)6-5-7-24(27)34/h5-7,14-15,17-18,20-21H,8-13,16H2,1-4H3. The number of halogens is 2. The molecule has 2 fully saturated rings. The van der Waals surface area contributed by atoms with Gasteiger partial charge in [-0.3, -0.25) is 0 Å². The number of esters is 1. The largest absolute Gasteiger partial charge is 0.489 e. The molecule has 11 heteroatoms. The van der Waals surface area contributed by atoms with Crippen LogP contribution in [0.15, 0.2) is 34.9 Å². The summed E-state index contributed by atoms with van der Waals surface area (Å²) in [4.78, 5) is 19.5. The number of benzene rings is 2. The second-order valence-corrected chi connectivity index (χ2v) is 13.4. The molecule has 0 N–H and O–H groups in total. The minimum Gasteiger partial charge on any atom is -0.489 e. The second-order valence-electron chi connectivity index (χ2n) is 11.6. The van der Waals surface area contributed by atoms with Crippen molar-refractivity contribution in [2.45, 2.75) is 83.1 Å². The summed E-state index contributed by atoms with van der Waals surface area (Å²) in [6.07, 6.45) is 6.08. The van der Waals surface area contributed by atoms with E-state index in [0.29, 0.717) is 51.2 Å². The van der Waals surface area contributed by atoms with Gasteiger partial charge >= 0.3 is 5.97 Å². The fourth-order valence-corrected chi connectivity index (χ4v) is 7.35. The zero-order valence-electron chi connectivity index (χ0n) is 24.7. The van der Waals surface area contributed by atoms with E-state index in [1.54, 1.807) is 17.4 Å². The van der Waals surface area contributed by atoms with E-state index in [0.717, 1.165) is 65.2 Å². The van der Waals surface area contributed by atoms with Crippen LogP contribution in [0, 0.1) is 0 Å². The van der Waals surface area contributed by atoms with Gasteiger partial charge < -0.3 is 23.6 Å². The van der Waals surface area contributed by atoms with Crippen LogP contribution in [0.2, 0.25) is 10.0 Å². The summed E-state index contributed by atoms with van der Waals surface area (Å²) in [6.45, 7) is 4.33. The van der Waals surface area contributed by atoms with E-state index in [9.17, 15) is 4.79 Å². The van der Waals surface area contributed by atoms with E-state index < -0.39 is 5.97 Å². The second kappa shape index (κ2) is 12.6. The van der Waals surface area contributed by atoms with Gasteiger partial charge in [-0.05, 0) is 76.6 Å². The maximum atomic E-state index is 12.3. The number of nitrogens with zero attached hydrogens (tertiary/aromatic N) is 3. The van der Waals surface area contributed by atoms with Gasteiger partial charge in [-0.25, -0.2) is 9.78 Å². The molecule has 0 spiro atoms. The number of fused-ring (bicyclic) bond motifs is 1. The molecule has 0 bridgehead atoms.